The van der Waals surface area contributed by atoms with Crippen LogP contribution in [0.4, 0.5) is 0 Å². The molecule has 0 saturated carbocycles. The summed E-state index contributed by atoms with van der Waals surface area (Å²) in [6, 6.07) is 1.35. The molecule has 0 radical (unpaired) electrons. The third kappa shape index (κ3) is 3.01. The maximum Gasteiger partial charge on any atom is 0.324 e. The fourth-order valence-corrected chi connectivity index (χ4v) is 3.27. The first-order valence-electron chi connectivity index (χ1n) is 4.31. The average molecular weight is 265 g/mol. The summed E-state index contributed by atoms with van der Waals surface area (Å²) in [7, 11) is -3.88. The molecule has 1 heterocycles. The third-order valence-electron chi connectivity index (χ3n) is 1.79. The Hall–Kier alpha value is -0.960. The molecule has 0 bridgehead atoms. The van der Waals surface area contributed by atoms with Crippen molar-refractivity contribution in [3.05, 3.63) is 17.5 Å². The number of aliphatic carboxylic acids is 1. The van der Waals surface area contributed by atoms with Gasteiger partial charge in [0.25, 0.3) is 10.0 Å². The third-order valence-corrected chi connectivity index (χ3v) is 4.63. The minimum Gasteiger partial charge on any atom is -0.480 e. The molecule has 0 aliphatic carbocycles. The van der Waals surface area contributed by atoms with E-state index < -0.39 is 28.1 Å². The number of rotatable bonds is 5. The molecule has 0 fully saturated rings. The van der Waals surface area contributed by atoms with E-state index in [1.165, 1.54) is 19.1 Å². The Bertz CT molecular complexity index is 451. The smallest absolute Gasteiger partial charge is 0.324 e. The van der Waals surface area contributed by atoms with Gasteiger partial charge >= 0.3 is 5.97 Å². The largest absolute Gasteiger partial charge is 0.480 e. The van der Waals surface area contributed by atoms with E-state index in [0.29, 0.717) is 0 Å². The van der Waals surface area contributed by atoms with Gasteiger partial charge in [0.1, 0.15) is 10.3 Å². The minimum atomic E-state index is -3.88. The maximum atomic E-state index is 11.6. The van der Waals surface area contributed by atoms with Crippen molar-refractivity contribution in [3.8, 4) is 0 Å². The number of nitrogens with one attached hydrogen (secondary N) is 1. The van der Waals surface area contributed by atoms with Gasteiger partial charge in [-0.25, -0.2) is 8.42 Å². The molecule has 6 nitrogen and oxygen atoms in total. The molecule has 1 aromatic heterocycles. The lowest BCUT2D eigenvalue weighted by molar-refractivity contribution is -0.141. The van der Waals surface area contributed by atoms with E-state index >= 15 is 0 Å². The van der Waals surface area contributed by atoms with Gasteiger partial charge in [-0.3, -0.25) is 4.79 Å². The molecule has 16 heavy (non-hydrogen) atoms. The van der Waals surface area contributed by atoms with E-state index in [2.05, 4.69) is 0 Å². The Morgan fingerprint density at radius 3 is 2.56 bits per heavy atom. The lowest BCUT2D eigenvalue weighted by Crippen LogP contribution is -2.47. The van der Waals surface area contributed by atoms with Crippen LogP contribution in [0.3, 0.4) is 0 Å². The minimum absolute atomic E-state index is 0.0133. The zero-order valence-electron chi connectivity index (χ0n) is 8.32. The number of aliphatic hydroxyl groups excluding tert-OH is 1. The molecule has 90 valence electrons. The first-order chi connectivity index (χ1) is 7.34. The number of sulfonamides is 1. The van der Waals surface area contributed by atoms with Gasteiger partial charge in [-0.2, -0.15) is 4.72 Å². The Balaban J connectivity index is 2.92. The molecule has 1 aromatic rings. The van der Waals surface area contributed by atoms with Crippen molar-refractivity contribution >= 4 is 27.3 Å². The molecule has 3 N–H and O–H groups in total. The van der Waals surface area contributed by atoms with Gasteiger partial charge in [0.15, 0.2) is 0 Å². The van der Waals surface area contributed by atoms with Gasteiger partial charge in [-0.1, -0.05) is 6.07 Å². The van der Waals surface area contributed by atoms with Crippen LogP contribution in [0.15, 0.2) is 21.7 Å². The molecular formula is C8H11NO5S2. The van der Waals surface area contributed by atoms with Crippen LogP contribution in [0.1, 0.15) is 6.92 Å². The van der Waals surface area contributed by atoms with Crippen LogP contribution in [0.2, 0.25) is 0 Å². The molecular weight excluding hydrogens is 254 g/mol. The summed E-state index contributed by atoms with van der Waals surface area (Å²) < 4.78 is 25.2. The second-order valence-electron chi connectivity index (χ2n) is 3.11. The van der Waals surface area contributed by atoms with Crippen molar-refractivity contribution < 1.29 is 23.4 Å². The summed E-state index contributed by atoms with van der Waals surface area (Å²) in [4.78, 5) is 10.7. The van der Waals surface area contributed by atoms with Crippen molar-refractivity contribution in [2.45, 2.75) is 23.3 Å². The highest BCUT2D eigenvalue weighted by Crippen LogP contribution is 2.16. The van der Waals surface area contributed by atoms with Crippen LogP contribution in [0.25, 0.3) is 0 Å². The topological polar surface area (TPSA) is 104 Å². The predicted molar refractivity (Wildman–Crippen MR) is 57.7 cm³/mol. The number of carbonyl (C=O) groups is 1. The quantitative estimate of drug-likeness (QED) is 0.687. The fourth-order valence-electron chi connectivity index (χ4n) is 0.997. The molecule has 0 amide bonds. The van der Waals surface area contributed by atoms with Gasteiger partial charge in [-0.05, 0) is 18.4 Å². The fraction of sp³-hybridized carbons (Fsp3) is 0.375. The maximum absolute atomic E-state index is 11.6. The zero-order valence-corrected chi connectivity index (χ0v) is 9.96. The van der Waals surface area contributed by atoms with Crippen LogP contribution in [-0.2, 0) is 14.8 Å². The number of thiophene rings is 1. The Morgan fingerprint density at radius 2 is 2.19 bits per heavy atom. The average Bonchev–Trinajstić information content (AvgIpc) is 2.66. The van der Waals surface area contributed by atoms with Crippen molar-refractivity contribution in [2.75, 3.05) is 0 Å². The van der Waals surface area contributed by atoms with Crippen molar-refractivity contribution in [2.24, 2.45) is 0 Å². The van der Waals surface area contributed by atoms with Crippen LogP contribution >= 0.6 is 11.3 Å². The van der Waals surface area contributed by atoms with Crippen molar-refractivity contribution in [1.29, 1.82) is 0 Å². The second kappa shape index (κ2) is 4.91. The number of carboxylic acid groups (broad SMARTS) is 1. The molecule has 8 heteroatoms. The first-order valence-corrected chi connectivity index (χ1v) is 6.67. The normalized spacial score (nSPS) is 15.6. The molecule has 0 unspecified atom stereocenters. The molecule has 0 aromatic carbocycles. The summed E-state index contributed by atoms with van der Waals surface area (Å²) in [6.07, 6.45) is -1.31. The molecule has 1 rings (SSSR count). The first kappa shape index (κ1) is 13.1. The molecule has 0 aliphatic rings. The predicted octanol–water partition coefficient (Wildman–Crippen LogP) is -0.140. The monoisotopic (exact) mass is 265 g/mol. The van der Waals surface area contributed by atoms with Gasteiger partial charge in [0.05, 0.1) is 6.10 Å². The van der Waals surface area contributed by atoms with Crippen LogP contribution in [0, 0.1) is 0 Å². The van der Waals surface area contributed by atoms with E-state index in [-0.39, 0.29) is 4.21 Å². The van der Waals surface area contributed by atoms with E-state index in [9.17, 15) is 13.2 Å². The van der Waals surface area contributed by atoms with Crippen LogP contribution in [0.5, 0.6) is 0 Å². The van der Waals surface area contributed by atoms with Gasteiger partial charge in [-0.15, -0.1) is 11.3 Å². The van der Waals surface area contributed by atoms with E-state index in [1.54, 1.807) is 5.38 Å². The summed E-state index contributed by atoms with van der Waals surface area (Å²) >= 11 is 0.970. The highest BCUT2D eigenvalue weighted by atomic mass is 32.2. The number of hydrogen-bond acceptors (Lipinski definition) is 5. The van der Waals surface area contributed by atoms with Crippen LogP contribution < -0.4 is 4.72 Å². The highest BCUT2D eigenvalue weighted by molar-refractivity contribution is 7.91. The summed E-state index contributed by atoms with van der Waals surface area (Å²) in [6.45, 7) is 1.20. The van der Waals surface area contributed by atoms with Gasteiger partial charge in [0.2, 0.25) is 0 Å². The molecule has 0 spiro atoms. The number of aliphatic hydroxyl groups is 1. The lowest BCUT2D eigenvalue weighted by atomic mass is 10.2. The van der Waals surface area contributed by atoms with Gasteiger partial charge < -0.3 is 10.2 Å². The Labute approximate surface area is 96.6 Å². The Kier molecular flexibility index (Phi) is 4.03. The molecule has 0 saturated heterocycles. The summed E-state index contributed by atoms with van der Waals surface area (Å²) in [5.41, 5.74) is 0. The highest BCUT2D eigenvalue weighted by Gasteiger charge is 2.29. The summed E-state index contributed by atoms with van der Waals surface area (Å²) in [5, 5.41) is 19.4. The zero-order chi connectivity index (χ0) is 12.3. The van der Waals surface area contributed by atoms with E-state index in [4.69, 9.17) is 10.2 Å². The number of carboxylic acids is 1. The van der Waals surface area contributed by atoms with Gasteiger partial charge in [0, 0.05) is 0 Å². The molecule has 2 atom stereocenters. The lowest BCUT2D eigenvalue weighted by Gasteiger charge is -2.16. The van der Waals surface area contributed by atoms with E-state index in [1.807, 2.05) is 4.72 Å². The standard InChI is InChI=1S/C8H11NO5S2/c1-5(10)7(8(11)12)9-16(13,14)6-3-2-4-15-6/h2-5,7,9-10H,1H3,(H,11,12)/t5-,7+/m1/s1. The van der Waals surface area contributed by atoms with Crippen LogP contribution in [-0.4, -0.2) is 36.7 Å². The molecule has 0 aliphatic heterocycles. The second-order valence-corrected chi connectivity index (χ2v) is 6.00. The van der Waals surface area contributed by atoms with Crippen molar-refractivity contribution in [1.82, 2.24) is 4.72 Å². The van der Waals surface area contributed by atoms with E-state index in [0.717, 1.165) is 11.3 Å². The summed E-state index contributed by atoms with van der Waals surface area (Å²) in [5.74, 6) is -1.42. The van der Waals surface area contributed by atoms with Crippen molar-refractivity contribution in [3.63, 3.8) is 0 Å². The SMILES string of the molecule is C[C@@H](O)[C@H](NS(=O)(=O)c1cccs1)C(=O)O. The number of hydrogen-bond donors (Lipinski definition) is 3. The Morgan fingerprint density at radius 1 is 1.56 bits per heavy atom.